The lowest BCUT2D eigenvalue weighted by atomic mass is 10.0. The summed E-state index contributed by atoms with van der Waals surface area (Å²) in [5, 5.41) is 0. The Hall–Kier alpha value is -1.55. The number of aryl methyl sites for hydroxylation is 1. The average Bonchev–Trinajstić information content (AvgIpc) is 2.69. The zero-order valence-electron chi connectivity index (χ0n) is 10.7. The van der Waals surface area contributed by atoms with E-state index in [0.29, 0.717) is 5.82 Å². The molecule has 0 aliphatic carbocycles. The Morgan fingerprint density at radius 3 is 2.72 bits per heavy atom. The third-order valence-electron chi connectivity index (χ3n) is 3.23. The Morgan fingerprint density at radius 2 is 2.17 bits per heavy atom. The summed E-state index contributed by atoms with van der Waals surface area (Å²) >= 11 is 5.93. The van der Waals surface area contributed by atoms with Crippen LogP contribution in [-0.4, -0.2) is 15.5 Å². The molecule has 2 N–H and O–H groups in total. The lowest BCUT2D eigenvalue weighted by Crippen LogP contribution is -2.42. The molecule has 0 aliphatic rings. The number of nitrogens with two attached hydrogens (primary N) is 1. The first-order valence-corrected chi connectivity index (χ1v) is 6.26. The number of amides is 1. The summed E-state index contributed by atoms with van der Waals surface area (Å²) in [6.07, 6.45) is 0. The van der Waals surface area contributed by atoms with Crippen molar-refractivity contribution in [2.45, 2.75) is 32.2 Å². The summed E-state index contributed by atoms with van der Waals surface area (Å²) in [6, 6.07) is 5.83. The Morgan fingerprint density at radius 1 is 1.50 bits per heavy atom. The molecule has 5 heteroatoms. The molecule has 18 heavy (non-hydrogen) atoms. The number of halogens is 1. The molecule has 96 valence electrons. The number of primary amides is 1. The van der Waals surface area contributed by atoms with Gasteiger partial charge in [0, 0.05) is 0 Å². The van der Waals surface area contributed by atoms with E-state index in [2.05, 4.69) is 4.98 Å². The summed E-state index contributed by atoms with van der Waals surface area (Å²) in [6.45, 7) is 5.54. The van der Waals surface area contributed by atoms with E-state index in [1.807, 2.05) is 29.7 Å². The highest BCUT2D eigenvalue weighted by molar-refractivity contribution is 6.17. The first-order valence-electron chi connectivity index (χ1n) is 5.73. The molecule has 2 aromatic rings. The molecule has 0 radical (unpaired) electrons. The fraction of sp³-hybridized carbons (Fsp3) is 0.385. The molecule has 0 saturated heterocycles. The molecule has 4 nitrogen and oxygen atoms in total. The lowest BCUT2D eigenvalue weighted by Gasteiger charge is -2.26. The molecule has 1 aromatic carbocycles. The second-order valence-electron chi connectivity index (χ2n) is 4.86. The maximum absolute atomic E-state index is 11.7. The predicted molar refractivity (Wildman–Crippen MR) is 72.5 cm³/mol. The van der Waals surface area contributed by atoms with E-state index in [4.69, 9.17) is 17.3 Å². The second-order valence-corrected chi connectivity index (χ2v) is 5.13. The van der Waals surface area contributed by atoms with E-state index in [1.54, 1.807) is 13.8 Å². The number of carbonyl (C=O) groups excluding carboxylic acids is 1. The quantitative estimate of drug-likeness (QED) is 0.866. The maximum Gasteiger partial charge on any atom is 0.243 e. The molecule has 0 bridgehead atoms. The molecule has 0 saturated carbocycles. The van der Waals surface area contributed by atoms with Gasteiger partial charge in [-0.2, -0.15) is 0 Å². The number of rotatable bonds is 3. The van der Waals surface area contributed by atoms with Crippen LogP contribution in [0.2, 0.25) is 0 Å². The van der Waals surface area contributed by atoms with Crippen molar-refractivity contribution in [3.63, 3.8) is 0 Å². The van der Waals surface area contributed by atoms with E-state index in [1.165, 1.54) is 0 Å². The van der Waals surface area contributed by atoms with Crippen LogP contribution >= 0.6 is 11.6 Å². The molecular formula is C13H16ClN3O. The van der Waals surface area contributed by atoms with Crippen molar-refractivity contribution in [1.82, 2.24) is 9.55 Å². The van der Waals surface area contributed by atoms with Crippen LogP contribution in [0.1, 0.15) is 25.2 Å². The van der Waals surface area contributed by atoms with Gasteiger partial charge in [-0.05, 0) is 32.4 Å². The first kappa shape index (κ1) is 12.9. The third-order valence-corrected chi connectivity index (χ3v) is 3.47. The second kappa shape index (κ2) is 4.28. The van der Waals surface area contributed by atoms with Crippen molar-refractivity contribution in [3.05, 3.63) is 29.6 Å². The highest BCUT2D eigenvalue weighted by Crippen LogP contribution is 2.28. The van der Waals surface area contributed by atoms with Crippen molar-refractivity contribution in [1.29, 1.82) is 0 Å². The summed E-state index contributed by atoms with van der Waals surface area (Å²) in [5.74, 6) is 0.492. The van der Waals surface area contributed by atoms with Gasteiger partial charge in [-0.1, -0.05) is 12.1 Å². The predicted octanol–water partition coefficient (Wildman–Crippen LogP) is 2.30. The van der Waals surface area contributed by atoms with E-state index in [-0.39, 0.29) is 5.88 Å². The van der Waals surface area contributed by atoms with Gasteiger partial charge in [-0.15, -0.1) is 11.6 Å². The molecule has 0 unspecified atom stereocenters. The number of carbonyl (C=O) groups is 1. The van der Waals surface area contributed by atoms with Gasteiger partial charge in [-0.25, -0.2) is 4.98 Å². The highest BCUT2D eigenvalue weighted by atomic mass is 35.5. The number of hydrogen-bond donors (Lipinski definition) is 1. The SMILES string of the molecule is Cc1cccc2nc(CCl)n(C(C)(C)C(N)=O)c12. The Bertz CT molecular complexity index is 616. The number of aromatic nitrogens is 2. The van der Waals surface area contributed by atoms with Crippen LogP contribution in [0, 0.1) is 6.92 Å². The molecule has 1 amide bonds. The number of imidazole rings is 1. The molecule has 0 atom stereocenters. The van der Waals surface area contributed by atoms with Crippen LogP contribution in [0.25, 0.3) is 11.0 Å². The van der Waals surface area contributed by atoms with Crippen LogP contribution in [0.3, 0.4) is 0 Å². The average molecular weight is 266 g/mol. The number of benzene rings is 1. The third kappa shape index (κ3) is 1.77. The first-order chi connectivity index (χ1) is 8.39. The minimum absolute atomic E-state index is 0.241. The molecule has 0 spiro atoms. The molecule has 0 aliphatic heterocycles. The number of nitrogens with zero attached hydrogens (tertiary/aromatic N) is 2. The van der Waals surface area contributed by atoms with Crippen LogP contribution in [0.15, 0.2) is 18.2 Å². The Labute approximate surface area is 111 Å². The normalized spacial score (nSPS) is 12.0. The van der Waals surface area contributed by atoms with Gasteiger partial charge in [0.25, 0.3) is 0 Å². The van der Waals surface area contributed by atoms with Gasteiger partial charge >= 0.3 is 0 Å². The topological polar surface area (TPSA) is 60.9 Å². The van der Waals surface area contributed by atoms with Gasteiger partial charge in [-0.3, -0.25) is 4.79 Å². The zero-order chi connectivity index (χ0) is 13.5. The van der Waals surface area contributed by atoms with Gasteiger partial charge in [0.2, 0.25) is 5.91 Å². The van der Waals surface area contributed by atoms with E-state index in [9.17, 15) is 4.79 Å². The molecule has 2 rings (SSSR count). The van der Waals surface area contributed by atoms with Crippen molar-refractivity contribution in [2.75, 3.05) is 0 Å². The summed E-state index contributed by atoms with van der Waals surface area (Å²) < 4.78 is 1.84. The smallest absolute Gasteiger partial charge is 0.243 e. The van der Waals surface area contributed by atoms with Crippen molar-refractivity contribution < 1.29 is 4.79 Å². The van der Waals surface area contributed by atoms with E-state index in [0.717, 1.165) is 16.6 Å². The van der Waals surface area contributed by atoms with Gasteiger partial charge in [0.05, 0.1) is 16.9 Å². The van der Waals surface area contributed by atoms with Crippen LogP contribution in [0.4, 0.5) is 0 Å². The van der Waals surface area contributed by atoms with Crippen molar-refractivity contribution in [3.8, 4) is 0 Å². The van der Waals surface area contributed by atoms with Gasteiger partial charge in [0.15, 0.2) is 0 Å². The van der Waals surface area contributed by atoms with E-state index < -0.39 is 11.4 Å². The fourth-order valence-corrected chi connectivity index (χ4v) is 2.32. The zero-order valence-corrected chi connectivity index (χ0v) is 11.5. The van der Waals surface area contributed by atoms with Crippen LogP contribution in [0.5, 0.6) is 0 Å². The van der Waals surface area contributed by atoms with Crippen LogP contribution < -0.4 is 5.73 Å². The minimum atomic E-state index is -0.856. The van der Waals surface area contributed by atoms with Gasteiger partial charge < -0.3 is 10.3 Å². The number of hydrogen-bond acceptors (Lipinski definition) is 2. The number of para-hydroxylation sites is 1. The largest absolute Gasteiger partial charge is 0.368 e. The summed E-state index contributed by atoms with van der Waals surface area (Å²) in [5.41, 5.74) is 7.43. The van der Waals surface area contributed by atoms with Crippen LogP contribution in [-0.2, 0) is 16.2 Å². The monoisotopic (exact) mass is 265 g/mol. The standard InChI is InChI=1S/C13H16ClN3O/c1-8-5-4-6-9-11(8)17(10(7-14)16-9)13(2,3)12(15)18/h4-6H,7H2,1-3H3,(H2,15,18). The Balaban J connectivity index is 2.87. The van der Waals surface area contributed by atoms with E-state index >= 15 is 0 Å². The number of alkyl halides is 1. The number of fused-ring (bicyclic) bond motifs is 1. The molecule has 1 aromatic heterocycles. The Kier molecular flexibility index (Phi) is 3.07. The van der Waals surface area contributed by atoms with Crippen molar-refractivity contribution in [2.24, 2.45) is 5.73 Å². The summed E-state index contributed by atoms with van der Waals surface area (Å²) in [7, 11) is 0. The minimum Gasteiger partial charge on any atom is -0.368 e. The summed E-state index contributed by atoms with van der Waals surface area (Å²) in [4.78, 5) is 16.1. The molecular weight excluding hydrogens is 250 g/mol. The van der Waals surface area contributed by atoms with Crippen molar-refractivity contribution >= 4 is 28.5 Å². The lowest BCUT2D eigenvalue weighted by molar-refractivity contribution is -0.125. The highest BCUT2D eigenvalue weighted by Gasteiger charge is 2.31. The van der Waals surface area contributed by atoms with Gasteiger partial charge in [0.1, 0.15) is 11.4 Å². The maximum atomic E-state index is 11.7. The molecule has 0 fully saturated rings. The molecule has 1 heterocycles. The fourth-order valence-electron chi connectivity index (χ4n) is 2.14.